The van der Waals surface area contributed by atoms with E-state index >= 15 is 0 Å². The van der Waals surface area contributed by atoms with Crippen molar-refractivity contribution in [3.63, 3.8) is 0 Å². The second-order valence-corrected chi connectivity index (χ2v) is 4.76. The summed E-state index contributed by atoms with van der Waals surface area (Å²) in [6.07, 6.45) is 0.781. The Morgan fingerprint density at radius 2 is 2.00 bits per heavy atom. The molecule has 134 valence electrons. The van der Waals surface area contributed by atoms with Crippen molar-refractivity contribution in [3.8, 4) is 11.5 Å². The van der Waals surface area contributed by atoms with Crippen LogP contribution in [0.1, 0.15) is 6.92 Å². The van der Waals surface area contributed by atoms with Gasteiger partial charge in [-0.2, -0.15) is 0 Å². The number of amides is 2. The summed E-state index contributed by atoms with van der Waals surface area (Å²) in [7, 11) is 3.04. The van der Waals surface area contributed by atoms with Gasteiger partial charge in [-0.05, 0) is 19.1 Å². The first kappa shape index (κ1) is 18.0. The van der Waals surface area contributed by atoms with Gasteiger partial charge in [0.15, 0.2) is 5.82 Å². The number of methoxy groups -OCH3 is 2. The van der Waals surface area contributed by atoms with E-state index in [9.17, 15) is 9.59 Å². The average Bonchev–Trinajstić information content (AvgIpc) is 3.01. The van der Waals surface area contributed by atoms with Crippen LogP contribution in [0.15, 0.2) is 24.4 Å². The zero-order chi connectivity index (χ0) is 18.2. The van der Waals surface area contributed by atoms with Gasteiger partial charge < -0.3 is 19.5 Å². The van der Waals surface area contributed by atoms with Crippen LogP contribution in [0.2, 0.25) is 0 Å². The standard InChI is InChI=1S/C15H19N5O5/c1-4-25-15(22)17-13-8-20(19-18-13)9-14(21)16-11-6-5-10(23-2)7-12(11)24-3/h5-8H,4,9H2,1-3H3,(H,16,21)(H,17,22). The van der Waals surface area contributed by atoms with Crippen LogP contribution in [-0.4, -0.2) is 47.8 Å². The Hall–Kier alpha value is -3.30. The Labute approximate surface area is 144 Å². The monoisotopic (exact) mass is 349 g/mol. The molecule has 2 rings (SSSR count). The lowest BCUT2D eigenvalue weighted by Crippen LogP contribution is -2.19. The van der Waals surface area contributed by atoms with E-state index in [0.717, 1.165) is 0 Å². The molecule has 0 aliphatic heterocycles. The van der Waals surface area contributed by atoms with Crippen molar-refractivity contribution < 1.29 is 23.8 Å². The number of benzene rings is 1. The summed E-state index contributed by atoms with van der Waals surface area (Å²) >= 11 is 0. The summed E-state index contributed by atoms with van der Waals surface area (Å²) in [5.74, 6) is 0.932. The summed E-state index contributed by atoms with van der Waals surface area (Å²) in [4.78, 5) is 23.4. The highest BCUT2D eigenvalue weighted by Crippen LogP contribution is 2.28. The Morgan fingerprint density at radius 3 is 2.68 bits per heavy atom. The fourth-order valence-corrected chi connectivity index (χ4v) is 1.94. The van der Waals surface area contributed by atoms with Gasteiger partial charge in [-0.3, -0.25) is 10.1 Å². The number of hydrogen-bond acceptors (Lipinski definition) is 7. The van der Waals surface area contributed by atoms with Crippen molar-refractivity contribution in [3.05, 3.63) is 24.4 Å². The number of nitrogens with one attached hydrogen (secondary N) is 2. The molecule has 0 atom stereocenters. The minimum atomic E-state index is -0.637. The van der Waals surface area contributed by atoms with E-state index < -0.39 is 6.09 Å². The number of rotatable bonds is 7. The molecule has 0 spiro atoms. The number of nitrogens with zero attached hydrogens (tertiary/aromatic N) is 3. The Balaban J connectivity index is 1.96. The molecule has 0 fully saturated rings. The lowest BCUT2D eigenvalue weighted by molar-refractivity contribution is -0.116. The Bertz CT molecular complexity index is 746. The summed E-state index contributed by atoms with van der Waals surface area (Å²) in [5, 5.41) is 12.6. The van der Waals surface area contributed by atoms with Gasteiger partial charge in [-0.1, -0.05) is 5.21 Å². The molecule has 0 unspecified atom stereocenters. The van der Waals surface area contributed by atoms with E-state index in [1.165, 1.54) is 18.0 Å². The molecule has 0 radical (unpaired) electrons. The first-order valence-corrected chi connectivity index (χ1v) is 7.41. The van der Waals surface area contributed by atoms with Crippen LogP contribution in [0.5, 0.6) is 11.5 Å². The number of carbonyl (C=O) groups excluding carboxylic acids is 2. The van der Waals surface area contributed by atoms with Gasteiger partial charge in [0.1, 0.15) is 18.0 Å². The van der Waals surface area contributed by atoms with Crippen LogP contribution in [0, 0.1) is 0 Å². The molecule has 25 heavy (non-hydrogen) atoms. The fraction of sp³-hybridized carbons (Fsp3) is 0.333. The second kappa shape index (κ2) is 8.52. The summed E-state index contributed by atoms with van der Waals surface area (Å²) < 4.78 is 16.3. The van der Waals surface area contributed by atoms with Crippen molar-refractivity contribution in [2.45, 2.75) is 13.5 Å². The lowest BCUT2D eigenvalue weighted by atomic mass is 10.2. The third-order valence-electron chi connectivity index (χ3n) is 3.03. The maximum Gasteiger partial charge on any atom is 0.412 e. The van der Waals surface area contributed by atoms with Crippen LogP contribution >= 0.6 is 0 Å². The number of aromatic nitrogens is 3. The smallest absolute Gasteiger partial charge is 0.412 e. The highest BCUT2D eigenvalue weighted by molar-refractivity contribution is 5.92. The molecule has 0 saturated carbocycles. The van der Waals surface area contributed by atoms with Gasteiger partial charge in [0.2, 0.25) is 5.91 Å². The third kappa shape index (κ3) is 5.09. The van der Waals surface area contributed by atoms with E-state index in [1.54, 1.807) is 32.2 Å². The highest BCUT2D eigenvalue weighted by Gasteiger charge is 2.12. The zero-order valence-corrected chi connectivity index (χ0v) is 14.1. The average molecular weight is 349 g/mol. The van der Waals surface area contributed by atoms with Crippen LogP contribution in [0.25, 0.3) is 0 Å². The van der Waals surface area contributed by atoms with Crippen LogP contribution < -0.4 is 20.1 Å². The lowest BCUT2D eigenvalue weighted by Gasteiger charge is -2.11. The number of hydrogen-bond donors (Lipinski definition) is 2. The SMILES string of the molecule is CCOC(=O)Nc1cn(CC(=O)Nc2ccc(OC)cc2OC)nn1. The molecule has 0 bridgehead atoms. The first-order valence-electron chi connectivity index (χ1n) is 7.41. The molecule has 0 aliphatic carbocycles. The van der Waals surface area contributed by atoms with E-state index in [4.69, 9.17) is 14.2 Å². The molecule has 0 saturated heterocycles. The molecule has 1 aromatic heterocycles. The Morgan fingerprint density at radius 1 is 1.20 bits per heavy atom. The Kier molecular flexibility index (Phi) is 6.15. The van der Waals surface area contributed by atoms with Gasteiger partial charge in [0.25, 0.3) is 0 Å². The molecule has 0 aliphatic rings. The number of carbonyl (C=O) groups is 2. The van der Waals surface area contributed by atoms with E-state index in [-0.39, 0.29) is 24.9 Å². The van der Waals surface area contributed by atoms with Crippen LogP contribution in [0.4, 0.5) is 16.3 Å². The maximum atomic E-state index is 12.1. The molecule has 1 heterocycles. The minimum Gasteiger partial charge on any atom is -0.497 e. The molecule has 1 aromatic carbocycles. The minimum absolute atomic E-state index is 0.0906. The van der Waals surface area contributed by atoms with Gasteiger partial charge in [0.05, 0.1) is 32.7 Å². The highest BCUT2D eigenvalue weighted by atomic mass is 16.5. The predicted octanol–water partition coefficient (Wildman–Crippen LogP) is 1.50. The number of anilines is 2. The second-order valence-electron chi connectivity index (χ2n) is 4.76. The van der Waals surface area contributed by atoms with E-state index in [2.05, 4.69) is 20.9 Å². The van der Waals surface area contributed by atoms with Crippen molar-refractivity contribution in [2.24, 2.45) is 0 Å². The van der Waals surface area contributed by atoms with Crippen LogP contribution in [0.3, 0.4) is 0 Å². The topological polar surface area (TPSA) is 117 Å². The van der Waals surface area contributed by atoms with Crippen molar-refractivity contribution in [2.75, 3.05) is 31.5 Å². The molecular formula is C15H19N5O5. The quantitative estimate of drug-likeness (QED) is 0.778. The maximum absolute atomic E-state index is 12.1. The molecule has 2 aromatic rings. The molecule has 2 amide bonds. The molecule has 2 N–H and O–H groups in total. The molecule has 10 heteroatoms. The summed E-state index contributed by atoms with van der Waals surface area (Å²) in [6, 6.07) is 5.03. The largest absolute Gasteiger partial charge is 0.497 e. The van der Waals surface area contributed by atoms with Crippen molar-refractivity contribution in [1.82, 2.24) is 15.0 Å². The fourth-order valence-electron chi connectivity index (χ4n) is 1.94. The van der Waals surface area contributed by atoms with Gasteiger partial charge in [-0.25, -0.2) is 9.48 Å². The van der Waals surface area contributed by atoms with Crippen molar-refractivity contribution in [1.29, 1.82) is 0 Å². The summed E-state index contributed by atoms with van der Waals surface area (Å²) in [6.45, 7) is 1.84. The first-order chi connectivity index (χ1) is 12.0. The van der Waals surface area contributed by atoms with E-state index in [1.807, 2.05) is 0 Å². The zero-order valence-electron chi connectivity index (χ0n) is 14.1. The van der Waals surface area contributed by atoms with Crippen LogP contribution in [-0.2, 0) is 16.1 Å². The van der Waals surface area contributed by atoms with Gasteiger partial charge in [0, 0.05) is 6.07 Å². The van der Waals surface area contributed by atoms with Crippen molar-refractivity contribution >= 4 is 23.5 Å². The molecule has 10 nitrogen and oxygen atoms in total. The third-order valence-corrected chi connectivity index (χ3v) is 3.03. The van der Waals surface area contributed by atoms with Gasteiger partial charge >= 0.3 is 6.09 Å². The van der Waals surface area contributed by atoms with E-state index in [0.29, 0.717) is 17.2 Å². The normalized spacial score (nSPS) is 10.0. The molecular weight excluding hydrogens is 330 g/mol. The number of ether oxygens (including phenoxy) is 3. The van der Waals surface area contributed by atoms with Gasteiger partial charge in [-0.15, -0.1) is 5.10 Å². The summed E-state index contributed by atoms with van der Waals surface area (Å²) in [5.41, 5.74) is 0.498. The predicted molar refractivity (Wildman–Crippen MR) is 88.8 cm³/mol.